The lowest BCUT2D eigenvalue weighted by atomic mass is 9.82. The number of benzene rings is 1. The molecule has 2 rings (SSSR count). The van der Waals surface area contributed by atoms with Crippen molar-refractivity contribution in [3.8, 4) is 5.75 Å². The molecule has 0 saturated heterocycles. The lowest BCUT2D eigenvalue weighted by Gasteiger charge is -2.31. The quantitative estimate of drug-likeness (QED) is 0.892. The highest BCUT2D eigenvalue weighted by molar-refractivity contribution is 5.91. The van der Waals surface area contributed by atoms with Gasteiger partial charge in [-0.15, -0.1) is 0 Å². The zero-order valence-electron chi connectivity index (χ0n) is 11.6. The maximum absolute atomic E-state index is 13.5. The van der Waals surface area contributed by atoms with Crippen LogP contribution in [0.15, 0.2) is 18.2 Å². The van der Waals surface area contributed by atoms with Crippen LogP contribution in [0.5, 0.6) is 5.75 Å². The summed E-state index contributed by atoms with van der Waals surface area (Å²) in [6.45, 7) is 0. The second kappa shape index (κ2) is 6.22. The Balaban J connectivity index is 1.95. The third-order valence-electron chi connectivity index (χ3n) is 3.71. The first-order chi connectivity index (χ1) is 9.52. The van der Waals surface area contributed by atoms with E-state index < -0.39 is 11.4 Å². The number of ether oxygens (including phenoxy) is 1. The van der Waals surface area contributed by atoms with Crippen LogP contribution >= 0.6 is 0 Å². The summed E-state index contributed by atoms with van der Waals surface area (Å²) >= 11 is 0. The van der Waals surface area contributed by atoms with Crippen LogP contribution in [0.1, 0.15) is 38.5 Å². The first kappa shape index (κ1) is 14.8. The summed E-state index contributed by atoms with van der Waals surface area (Å²) in [5.41, 5.74) is -0.541. The van der Waals surface area contributed by atoms with Gasteiger partial charge in [-0.1, -0.05) is 19.3 Å². The van der Waals surface area contributed by atoms with Crippen LogP contribution in [-0.2, 0) is 4.79 Å². The Labute approximate surface area is 117 Å². The molecule has 1 aromatic carbocycles. The molecule has 4 nitrogen and oxygen atoms in total. The maximum atomic E-state index is 13.5. The fourth-order valence-corrected chi connectivity index (χ4v) is 2.63. The van der Waals surface area contributed by atoms with Gasteiger partial charge in [0.15, 0.2) is 11.6 Å². The van der Waals surface area contributed by atoms with Crippen molar-refractivity contribution in [2.24, 2.45) is 0 Å². The topological polar surface area (TPSA) is 58.6 Å². The summed E-state index contributed by atoms with van der Waals surface area (Å²) in [6.07, 6.45) is 4.35. The number of methoxy groups -OCH3 is 1. The average molecular weight is 281 g/mol. The van der Waals surface area contributed by atoms with Gasteiger partial charge in [-0.3, -0.25) is 4.79 Å². The highest BCUT2D eigenvalue weighted by Gasteiger charge is 2.31. The third kappa shape index (κ3) is 3.70. The zero-order valence-corrected chi connectivity index (χ0v) is 11.6. The Bertz CT molecular complexity index is 484. The molecule has 0 aromatic heterocycles. The molecular weight excluding hydrogens is 261 g/mol. The minimum atomic E-state index is -0.909. The molecule has 0 spiro atoms. The van der Waals surface area contributed by atoms with Crippen LogP contribution in [0, 0.1) is 5.82 Å². The second-order valence-corrected chi connectivity index (χ2v) is 5.36. The Hall–Kier alpha value is -1.62. The smallest absolute Gasteiger partial charge is 0.227 e. The Morgan fingerprint density at radius 3 is 2.70 bits per heavy atom. The highest BCUT2D eigenvalue weighted by Crippen LogP contribution is 2.31. The van der Waals surface area contributed by atoms with Crippen LogP contribution in [0.2, 0.25) is 0 Å². The number of hydrogen-bond acceptors (Lipinski definition) is 3. The molecule has 5 heteroatoms. The lowest BCUT2D eigenvalue weighted by molar-refractivity contribution is -0.122. The molecule has 1 fully saturated rings. The van der Waals surface area contributed by atoms with E-state index in [2.05, 4.69) is 5.32 Å². The molecule has 0 aliphatic heterocycles. The van der Waals surface area contributed by atoms with Crippen LogP contribution in [0.4, 0.5) is 10.1 Å². The normalized spacial score (nSPS) is 17.6. The van der Waals surface area contributed by atoms with Crippen molar-refractivity contribution in [2.45, 2.75) is 44.1 Å². The van der Waals surface area contributed by atoms with E-state index >= 15 is 0 Å². The molecule has 0 heterocycles. The molecule has 2 N–H and O–H groups in total. The Morgan fingerprint density at radius 1 is 1.40 bits per heavy atom. The number of halogens is 1. The standard InChI is InChI=1S/C15H20FNO3/c1-20-13-6-5-11(9-12(13)16)17-14(18)10-15(19)7-3-2-4-8-15/h5-6,9,19H,2-4,7-8,10H2,1H3,(H,17,18). The third-order valence-corrected chi connectivity index (χ3v) is 3.71. The van der Waals surface area contributed by atoms with E-state index in [0.717, 1.165) is 19.3 Å². The highest BCUT2D eigenvalue weighted by atomic mass is 19.1. The van der Waals surface area contributed by atoms with Crippen LogP contribution in [-0.4, -0.2) is 23.7 Å². The number of anilines is 1. The van der Waals surface area contributed by atoms with Crippen molar-refractivity contribution in [1.82, 2.24) is 0 Å². The van der Waals surface area contributed by atoms with E-state index in [9.17, 15) is 14.3 Å². The summed E-state index contributed by atoms with van der Waals surface area (Å²) in [4.78, 5) is 11.9. The monoisotopic (exact) mass is 281 g/mol. The van der Waals surface area contributed by atoms with Crippen molar-refractivity contribution in [3.63, 3.8) is 0 Å². The van der Waals surface area contributed by atoms with Gasteiger partial charge >= 0.3 is 0 Å². The summed E-state index contributed by atoms with van der Waals surface area (Å²) in [5.74, 6) is -0.686. The molecular formula is C15H20FNO3. The molecule has 1 aliphatic carbocycles. The van der Waals surface area contributed by atoms with Gasteiger partial charge in [0, 0.05) is 11.8 Å². The average Bonchev–Trinajstić information content (AvgIpc) is 2.39. The first-order valence-corrected chi connectivity index (χ1v) is 6.88. The van der Waals surface area contributed by atoms with Crippen molar-refractivity contribution < 1.29 is 19.0 Å². The van der Waals surface area contributed by atoms with Gasteiger partial charge < -0.3 is 15.2 Å². The van der Waals surface area contributed by atoms with Gasteiger partial charge in [-0.2, -0.15) is 0 Å². The van der Waals surface area contributed by atoms with Gasteiger partial charge in [0.1, 0.15) is 0 Å². The summed E-state index contributed by atoms with van der Waals surface area (Å²) in [6, 6.07) is 4.24. The zero-order chi connectivity index (χ0) is 14.6. The fraction of sp³-hybridized carbons (Fsp3) is 0.533. The largest absolute Gasteiger partial charge is 0.494 e. The maximum Gasteiger partial charge on any atom is 0.227 e. The van der Waals surface area contributed by atoms with Crippen LogP contribution in [0.25, 0.3) is 0 Å². The predicted octanol–water partition coefficient (Wildman–Crippen LogP) is 2.86. The Morgan fingerprint density at radius 2 is 2.10 bits per heavy atom. The molecule has 110 valence electrons. The summed E-state index contributed by atoms with van der Waals surface area (Å²) in [7, 11) is 1.38. The van der Waals surface area contributed by atoms with Crippen molar-refractivity contribution in [3.05, 3.63) is 24.0 Å². The molecule has 1 aliphatic rings. The Kier molecular flexibility index (Phi) is 4.60. The van der Waals surface area contributed by atoms with E-state index in [1.54, 1.807) is 6.07 Å². The number of carbonyl (C=O) groups is 1. The fourth-order valence-electron chi connectivity index (χ4n) is 2.63. The summed E-state index contributed by atoms with van der Waals surface area (Å²) in [5, 5.41) is 12.9. The SMILES string of the molecule is COc1ccc(NC(=O)CC2(O)CCCCC2)cc1F. The number of nitrogens with one attached hydrogen (secondary N) is 1. The van der Waals surface area contributed by atoms with Gasteiger partial charge in [-0.25, -0.2) is 4.39 Å². The van der Waals surface area contributed by atoms with Crippen molar-refractivity contribution >= 4 is 11.6 Å². The molecule has 1 amide bonds. The van der Waals surface area contributed by atoms with Crippen molar-refractivity contribution in [2.75, 3.05) is 12.4 Å². The lowest BCUT2D eigenvalue weighted by Crippen LogP contribution is -2.35. The number of aliphatic hydroxyl groups is 1. The number of rotatable bonds is 4. The molecule has 20 heavy (non-hydrogen) atoms. The number of hydrogen-bond donors (Lipinski definition) is 2. The molecule has 0 atom stereocenters. The van der Waals surface area contributed by atoms with Gasteiger partial charge in [0.2, 0.25) is 5.91 Å². The second-order valence-electron chi connectivity index (χ2n) is 5.36. The molecule has 1 saturated carbocycles. The summed E-state index contributed by atoms with van der Waals surface area (Å²) < 4.78 is 18.3. The molecule has 0 bridgehead atoms. The van der Waals surface area contributed by atoms with Crippen LogP contribution < -0.4 is 10.1 Å². The minimum Gasteiger partial charge on any atom is -0.494 e. The van der Waals surface area contributed by atoms with E-state index in [-0.39, 0.29) is 18.1 Å². The van der Waals surface area contributed by atoms with Gasteiger partial charge in [0.05, 0.1) is 19.1 Å². The number of carbonyl (C=O) groups excluding carboxylic acids is 1. The molecule has 0 radical (unpaired) electrons. The van der Waals surface area contributed by atoms with Gasteiger partial charge in [0.25, 0.3) is 0 Å². The first-order valence-electron chi connectivity index (χ1n) is 6.88. The predicted molar refractivity (Wildman–Crippen MR) is 74.2 cm³/mol. The molecule has 0 unspecified atom stereocenters. The number of amides is 1. The van der Waals surface area contributed by atoms with Crippen molar-refractivity contribution in [1.29, 1.82) is 0 Å². The van der Waals surface area contributed by atoms with E-state index in [1.807, 2.05) is 0 Å². The van der Waals surface area contributed by atoms with E-state index in [0.29, 0.717) is 18.5 Å². The van der Waals surface area contributed by atoms with E-state index in [4.69, 9.17) is 4.74 Å². The van der Waals surface area contributed by atoms with Gasteiger partial charge in [-0.05, 0) is 25.0 Å². The van der Waals surface area contributed by atoms with Crippen LogP contribution in [0.3, 0.4) is 0 Å². The minimum absolute atomic E-state index is 0.0562. The molecule has 1 aromatic rings. The van der Waals surface area contributed by atoms with E-state index in [1.165, 1.54) is 19.2 Å².